The molecule has 1 atom stereocenters. The minimum Gasteiger partial charge on any atom is -0.397 e. The Kier molecular flexibility index (Phi) is 3.17. The summed E-state index contributed by atoms with van der Waals surface area (Å²) in [6.45, 7) is 0. The number of anilines is 2. The maximum atomic E-state index is 13.1. The Bertz CT molecular complexity index is 715. The Hall–Kier alpha value is -2.69. The number of nitrogen functional groups attached to an aromatic ring is 1. The highest BCUT2D eigenvalue weighted by Crippen LogP contribution is 2.35. The molecule has 2 amide bonds. The molecule has 1 fully saturated rings. The molecule has 5 heteroatoms. The van der Waals surface area contributed by atoms with Crippen molar-refractivity contribution in [2.45, 2.75) is 12.3 Å². The van der Waals surface area contributed by atoms with Gasteiger partial charge in [-0.3, -0.25) is 9.59 Å². The summed E-state index contributed by atoms with van der Waals surface area (Å²) in [5, 5.41) is 0. The zero-order chi connectivity index (χ0) is 15.0. The Morgan fingerprint density at radius 3 is 2.48 bits per heavy atom. The number of halogens is 1. The van der Waals surface area contributed by atoms with Crippen LogP contribution in [0.15, 0.2) is 48.5 Å². The Balaban J connectivity index is 1.98. The van der Waals surface area contributed by atoms with Crippen molar-refractivity contribution in [2.24, 2.45) is 0 Å². The van der Waals surface area contributed by atoms with E-state index in [1.54, 1.807) is 0 Å². The predicted octanol–water partition coefficient (Wildman–Crippen LogP) is 2.46. The lowest BCUT2D eigenvalue weighted by atomic mass is 9.98. The van der Waals surface area contributed by atoms with Gasteiger partial charge in [-0.2, -0.15) is 0 Å². The van der Waals surface area contributed by atoms with Crippen molar-refractivity contribution in [3.8, 4) is 0 Å². The summed E-state index contributed by atoms with van der Waals surface area (Å²) in [4.78, 5) is 25.7. The highest BCUT2D eigenvalue weighted by Gasteiger charge is 2.40. The molecule has 1 heterocycles. The first-order valence-electron chi connectivity index (χ1n) is 6.54. The molecular formula is C16H13FN2O2. The third-order valence-electron chi connectivity index (χ3n) is 3.58. The van der Waals surface area contributed by atoms with Crippen LogP contribution in [0.25, 0.3) is 0 Å². The van der Waals surface area contributed by atoms with Gasteiger partial charge in [-0.05, 0) is 23.8 Å². The molecule has 1 aliphatic rings. The van der Waals surface area contributed by atoms with Gasteiger partial charge in [0.25, 0.3) is 0 Å². The number of amides is 2. The quantitative estimate of drug-likeness (QED) is 0.680. The standard InChI is InChI=1S/C16H13FN2O2/c17-11-6-7-14(13(18)8-11)19-15(20)9-12(16(19)21)10-4-2-1-3-5-10/h1-8,12H,9,18H2. The molecule has 2 aromatic rings. The molecule has 2 N–H and O–H groups in total. The van der Waals surface area contributed by atoms with Gasteiger partial charge in [0.1, 0.15) is 5.82 Å². The number of nitrogens with zero attached hydrogens (tertiary/aromatic N) is 1. The third kappa shape index (κ3) is 2.27. The van der Waals surface area contributed by atoms with E-state index in [1.165, 1.54) is 12.1 Å². The zero-order valence-corrected chi connectivity index (χ0v) is 11.1. The molecule has 0 bridgehead atoms. The molecule has 0 saturated carbocycles. The summed E-state index contributed by atoms with van der Waals surface area (Å²) < 4.78 is 13.1. The summed E-state index contributed by atoms with van der Waals surface area (Å²) in [7, 11) is 0. The van der Waals surface area contributed by atoms with Crippen LogP contribution in [0.5, 0.6) is 0 Å². The lowest BCUT2D eigenvalue weighted by Gasteiger charge is -2.17. The summed E-state index contributed by atoms with van der Waals surface area (Å²) in [6, 6.07) is 12.8. The molecule has 21 heavy (non-hydrogen) atoms. The maximum absolute atomic E-state index is 13.1. The topological polar surface area (TPSA) is 63.4 Å². The van der Waals surface area contributed by atoms with Crippen molar-refractivity contribution >= 4 is 23.2 Å². The van der Waals surface area contributed by atoms with Gasteiger partial charge in [0.2, 0.25) is 11.8 Å². The van der Waals surface area contributed by atoms with E-state index in [1.807, 2.05) is 30.3 Å². The second-order valence-electron chi connectivity index (χ2n) is 4.94. The van der Waals surface area contributed by atoms with Crippen LogP contribution in [0.2, 0.25) is 0 Å². The lowest BCUT2D eigenvalue weighted by molar-refractivity contribution is -0.121. The van der Waals surface area contributed by atoms with Gasteiger partial charge >= 0.3 is 0 Å². The highest BCUT2D eigenvalue weighted by atomic mass is 19.1. The first-order chi connectivity index (χ1) is 10.1. The van der Waals surface area contributed by atoms with Crippen molar-refractivity contribution < 1.29 is 14.0 Å². The molecular weight excluding hydrogens is 271 g/mol. The Labute approximate surface area is 121 Å². The highest BCUT2D eigenvalue weighted by molar-refractivity contribution is 6.23. The molecule has 1 aliphatic heterocycles. The average Bonchev–Trinajstić information content (AvgIpc) is 2.76. The van der Waals surface area contributed by atoms with Crippen LogP contribution in [0.3, 0.4) is 0 Å². The number of nitrogens with two attached hydrogens (primary N) is 1. The molecule has 2 aromatic carbocycles. The minimum atomic E-state index is -0.511. The normalized spacial score (nSPS) is 18.3. The third-order valence-corrected chi connectivity index (χ3v) is 3.58. The Morgan fingerprint density at radius 1 is 1.10 bits per heavy atom. The minimum absolute atomic E-state index is 0.0745. The van der Waals surface area contributed by atoms with Crippen molar-refractivity contribution in [1.82, 2.24) is 0 Å². The van der Waals surface area contributed by atoms with Crippen LogP contribution in [0, 0.1) is 5.82 Å². The molecule has 0 spiro atoms. The number of carbonyl (C=O) groups excluding carboxylic acids is 2. The molecule has 0 radical (unpaired) electrons. The SMILES string of the molecule is Nc1cc(F)ccc1N1C(=O)CC(c2ccccc2)C1=O. The van der Waals surface area contributed by atoms with E-state index in [4.69, 9.17) is 5.73 Å². The van der Waals surface area contributed by atoms with Crippen LogP contribution in [-0.4, -0.2) is 11.8 Å². The van der Waals surface area contributed by atoms with Gasteiger partial charge in [0.05, 0.1) is 17.3 Å². The largest absolute Gasteiger partial charge is 0.397 e. The summed E-state index contributed by atoms with van der Waals surface area (Å²) in [6.07, 6.45) is 0.0969. The molecule has 106 valence electrons. The van der Waals surface area contributed by atoms with Crippen molar-refractivity contribution in [3.63, 3.8) is 0 Å². The maximum Gasteiger partial charge on any atom is 0.241 e. The number of hydrogen-bond donors (Lipinski definition) is 1. The van der Waals surface area contributed by atoms with Gasteiger partial charge < -0.3 is 5.73 Å². The summed E-state index contributed by atoms with van der Waals surface area (Å²) >= 11 is 0. The molecule has 1 unspecified atom stereocenters. The van der Waals surface area contributed by atoms with Gasteiger partial charge in [0.15, 0.2) is 0 Å². The van der Waals surface area contributed by atoms with Crippen LogP contribution in [0.1, 0.15) is 17.9 Å². The molecule has 0 aromatic heterocycles. The fourth-order valence-electron chi connectivity index (χ4n) is 2.56. The first-order valence-corrected chi connectivity index (χ1v) is 6.54. The van der Waals surface area contributed by atoms with Crippen LogP contribution in [0.4, 0.5) is 15.8 Å². The van der Waals surface area contributed by atoms with Crippen molar-refractivity contribution in [3.05, 3.63) is 59.9 Å². The number of hydrogen-bond acceptors (Lipinski definition) is 3. The Morgan fingerprint density at radius 2 is 1.81 bits per heavy atom. The molecule has 1 saturated heterocycles. The average molecular weight is 284 g/mol. The van der Waals surface area contributed by atoms with Crippen LogP contribution >= 0.6 is 0 Å². The zero-order valence-electron chi connectivity index (χ0n) is 11.1. The fourth-order valence-corrected chi connectivity index (χ4v) is 2.56. The van der Waals surface area contributed by atoms with E-state index in [-0.39, 0.29) is 29.6 Å². The molecule has 3 rings (SSSR count). The number of carbonyl (C=O) groups is 2. The smallest absolute Gasteiger partial charge is 0.241 e. The van der Waals surface area contributed by atoms with Crippen molar-refractivity contribution in [1.29, 1.82) is 0 Å². The number of benzene rings is 2. The predicted molar refractivity (Wildman–Crippen MR) is 77.1 cm³/mol. The van der Waals surface area contributed by atoms with Crippen LogP contribution < -0.4 is 10.6 Å². The van der Waals surface area contributed by atoms with E-state index in [0.717, 1.165) is 16.5 Å². The second kappa shape index (κ2) is 5.01. The van der Waals surface area contributed by atoms with Crippen molar-refractivity contribution in [2.75, 3.05) is 10.6 Å². The van der Waals surface area contributed by atoms with Gasteiger partial charge in [-0.15, -0.1) is 0 Å². The van der Waals surface area contributed by atoms with Gasteiger partial charge in [0, 0.05) is 6.42 Å². The summed E-state index contributed by atoms with van der Waals surface area (Å²) in [5.74, 6) is -1.67. The van der Waals surface area contributed by atoms with E-state index in [2.05, 4.69) is 0 Å². The summed E-state index contributed by atoms with van der Waals surface area (Å²) in [5.41, 5.74) is 6.83. The second-order valence-corrected chi connectivity index (χ2v) is 4.94. The number of rotatable bonds is 2. The van der Waals surface area contributed by atoms with E-state index < -0.39 is 11.7 Å². The monoisotopic (exact) mass is 284 g/mol. The lowest BCUT2D eigenvalue weighted by Crippen LogP contribution is -2.30. The van der Waals surface area contributed by atoms with E-state index >= 15 is 0 Å². The molecule has 0 aliphatic carbocycles. The van der Waals surface area contributed by atoms with Gasteiger partial charge in [-0.25, -0.2) is 9.29 Å². The van der Waals surface area contributed by atoms with E-state index in [0.29, 0.717) is 0 Å². The molecule has 4 nitrogen and oxygen atoms in total. The van der Waals surface area contributed by atoms with Crippen LogP contribution in [-0.2, 0) is 9.59 Å². The number of imide groups is 1. The first kappa shape index (κ1) is 13.3. The van der Waals surface area contributed by atoms with E-state index in [9.17, 15) is 14.0 Å². The fraction of sp³-hybridized carbons (Fsp3) is 0.125. The van der Waals surface area contributed by atoms with Gasteiger partial charge in [-0.1, -0.05) is 30.3 Å².